The summed E-state index contributed by atoms with van der Waals surface area (Å²) in [5, 5.41) is 13.4. The number of carbonyl (C=O) groups excluding carboxylic acids is 2. The lowest BCUT2D eigenvalue weighted by molar-refractivity contribution is -0.143. The van der Waals surface area contributed by atoms with Crippen LogP contribution in [0.3, 0.4) is 0 Å². The van der Waals surface area contributed by atoms with Gasteiger partial charge in [0.25, 0.3) is 5.91 Å². The van der Waals surface area contributed by atoms with E-state index in [0.717, 1.165) is 37.7 Å². The zero-order valence-electron chi connectivity index (χ0n) is 15.0. The van der Waals surface area contributed by atoms with Gasteiger partial charge in [-0.25, -0.2) is 0 Å². The zero-order chi connectivity index (χ0) is 18.4. The lowest BCUT2D eigenvalue weighted by Crippen LogP contribution is -2.52. The van der Waals surface area contributed by atoms with Crippen molar-refractivity contribution in [3.8, 4) is 0 Å². The molecule has 0 bridgehead atoms. The number of amides is 1. The van der Waals surface area contributed by atoms with Crippen molar-refractivity contribution < 1.29 is 14.7 Å². The molecular weight excluding hydrogens is 330 g/mol. The van der Waals surface area contributed by atoms with E-state index < -0.39 is 12.3 Å². The van der Waals surface area contributed by atoms with Gasteiger partial charge < -0.3 is 10.4 Å². The number of rotatable bonds is 6. The molecule has 0 radical (unpaired) electrons. The molecule has 2 atom stereocenters. The molecule has 26 heavy (non-hydrogen) atoms. The van der Waals surface area contributed by atoms with Crippen molar-refractivity contribution in [1.29, 1.82) is 0 Å². The largest absolute Gasteiger partial charge is 0.370 e. The second-order valence-electron chi connectivity index (χ2n) is 7.14. The van der Waals surface area contributed by atoms with Gasteiger partial charge in [-0.2, -0.15) is 0 Å². The molecule has 1 amide bonds. The first-order chi connectivity index (χ1) is 12.6. The number of ketones is 1. The Labute approximate surface area is 154 Å². The number of nitrogens with one attached hydrogen (secondary N) is 1. The van der Waals surface area contributed by atoms with E-state index in [4.69, 9.17) is 0 Å². The maximum absolute atomic E-state index is 12.6. The summed E-state index contributed by atoms with van der Waals surface area (Å²) in [7, 11) is 0. The van der Waals surface area contributed by atoms with Crippen LogP contribution in [0, 0.1) is 0 Å². The number of aliphatic hydroxyl groups is 1. The first kappa shape index (κ1) is 18.7. The third-order valence-electron chi connectivity index (χ3n) is 5.25. The third-order valence-corrected chi connectivity index (χ3v) is 5.25. The van der Waals surface area contributed by atoms with Crippen molar-refractivity contribution in [2.45, 2.75) is 63.3 Å². The molecule has 1 aliphatic heterocycles. The maximum atomic E-state index is 12.6. The average molecular weight is 357 g/mol. The summed E-state index contributed by atoms with van der Waals surface area (Å²) in [6.07, 6.45) is 12.2. The van der Waals surface area contributed by atoms with Gasteiger partial charge in [-0.15, -0.1) is 0 Å². The van der Waals surface area contributed by atoms with Crippen molar-refractivity contribution in [3.63, 3.8) is 0 Å². The summed E-state index contributed by atoms with van der Waals surface area (Å²) in [5.74, 6) is -0.469. The summed E-state index contributed by atoms with van der Waals surface area (Å²) in [5.41, 5.74) is 0.848. The lowest BCUT2D eigenvalue weighted by atomic mass is 9.95. The van der Waals surface area contributed by atoms with Crippen LogP contribution in [0.25, 0.3) is 6.08 Å². The van der Waals surface area contributed by atoms with Gasteiger partial charge in [0, 0.05) is 25.0 Å². The first-order valence-corrected chi connectivity index (χ1v) is 9.51. The number of aliphatic hydroxyl groups excluding tert-OH is 1. The van der Waals surface area contributed by atoms with E-state index in [2.05, 4.69) is 10.3 Å². The summed E-state index contributed by atoms with van der Waals surface area (Å²) in [6, 6.07) is 3.38. The predicted molar refractivity (Wildman–Crippen MR) is 99.0 cm³/mol. The molecule has 1 aliphatic carbocycles. The quantitative estimate of drug-likeness (QED) is 0.760. The molecule has 3 rings (SSSR count). The molecular formula is C20H27N3O3. The number of hydrogen-bond acceptors (Lipinski definition) is 5. The molecule has 1 saturated carbocycles. The number of aromatic nitrogens is 1. The summed E-state index contributed by atoms with van der Waals surface area (Å²) < 4.78 is 0. The SMILES string of the molecule is O=C(NC1CCCCC1)C(O)N1CCCC1C(=O)/C=C/c1cccnc1. The highest BCUT2D eigenvalue weighted by molar-refractivity contribution is 5.98. The fourth-order valence-corrected chi connectivity index (χ4v) is 3.82. The second kappa shape index (κ2) is 9.05. The molecule has 0 aromatic carbocycles. The number of likely N-dealkylation sites (tertiary alicyclic amines) is 1. The van der Waals surface area contributed by atoms with Crippen molar-refractivity contribution >= 4 is 17.8 Å². The molecule has 2 unspecified atom stereocenters. The molecule has 6 heteroatoms. The van der Waals surface area contributed by atoms with Crippen LogP contribution in [0.2, 0.25) is 0 Å². The molecule has 0 spiro atoms. The van der Waals surface area contributed by atoms with Gasteiger partial charge in [0.05, 0.1) is 6.04 Å². The molecule has 1 aromatic heterocycles. The fourth-order valence-electron chi connectivity index (χ4n) is 3.82. The van der Waals surface area contributed by atoms with E-state index in [-0.39, 0.29) is 17.7 Å². The molecule has 2 aliphatic rings. The maximum Gasteiger partial charge on any atom is 0.264 e. The van der Waals surface area contributed by atoms with Gasteiger partial charge in [-0.1, -0.05) is 25.3 Å². The van der Waals surface area contributed by atoms with Gasteiger partial charge in [-0.3, -0.25) is 19.5 Å². The van der Waals surface area contributed by atoms with Crippen molar-refractivity contribution in [2.75, 3.05) is 6.54 Å². The van der Waals surface area contributed by atoms with Crippen LogP contribution in [0.5, 0.6) is 0 Å². The summed E-state index contributed by atoms with van der Waals surface area (Å²) in [4.78, 5) is 30.6. The highest BCUT2D eigenvalue weighted by atomic mass is 16.3. The number of hydrogen-bond donors (Lipinski definition) is 2. The van der Waals surface area contributed by atoms with Gasteiger partial charge in [0.2, 0.25) is 0 Å². The average Bonchev–Trinajstić information content (AvgIpc) is 3.17. The number of pyridine rings is 1. The minimum absolute atomic E-state index is 0.0872. The highest BCUT2D eigenvalue weighted by Gasteiger charge is 2.37. The fraction of sp³-hybridized carbons (Fsp3) is 0.550. The third kappa shape index (κ3) is 4.77. The van der Waals surface area contributed by atoms with Crippen LogP contribution >= 0.6 is 0 Å². The number of nitrogens with zero attached hydrogens (tertiary/aromatic N) is 2. The molecule has 2 N–H and O–H groups in total. The molecule has 2 fully saturated rings. The Morgan fingerprint density at radius 2 is 2.04 bits per heavy atom. The smallest absolute Gasteiger partial charge is 0.264 e. The monoisotopic (exact) mass is 357 g/mol. The first-order valence-electron chi connectivity index (χ1n) is 9.51. The zero-order valence-corrected chi connectivity index (χ0v) is 15.0. The molecule has 2 heterocycles. The van der Waals surface area contributed by atoms with Crippen LogP contribution < -0.4 is 5.32 Å². The van der Waals surface area contributed by atoms with Gasteiger partial charge in [-0.05, 0) is 49.5 Å². The summed E-state index contributed by atoms with van der Waals surface area (Å²) >= 11 is 0. The van der Waals surface area contributed by atoms with E-state index in [9.17, 15) is 14.7 Å². The Kier molecular flexibility index (Phi) is 6.52. The Morgan fingerprint density at radius 1 is 1.23 bits per heavy atom. The van der Waals surface area contributed by atoms with E-state index in [1.165, 1.54) is 12.5 Å². The van der Waals surface area contributed by atoms with Gasteiger partial charge in [0.15, 0.2) is 12.0 Å². The minimum Gasteiger partial charge on any atom is -0.370 e. The minimum atomic E-state index is -1.26. The van der Waals surface area contributed by atoms with E-state index in [0.29, 0.717) is 13.0 Å². The lowest BCUT2D eigenvalue weighted by Gasteiger charge is -2.29. The van der Waals surface area contributed by atoms with Crippen LogP contribution in [0.4, 0.5) is 0 Å². The van der Waals surface area contributed by atoms with E-state index in [1.54, 1.807) is 23.4 Å². The molecule has 1 aromatic rings. The van der Waals surface area contributed by atoms with Crippen LogP contribution in [0.15, 0.2) is 30.6 Å². The molecule has 1 saturated heterocycles. The van der Waals surface area contributed by atoms with Crippen molar-refractivity contribution in [1.82, 2.24) is 15.2 Å². The van der Waals surface area contributed by atoms with Gasteiger partial charge in [0.1, 0.15) is 0 Å². The number of carbonyl (C=O) groups is 2. The molecule has 140 valence electrons. The Hall–Kier alpha value is -2.05. The predicted octanol–water partition coefficient (Wildman–Crippen LogP) is 1.90. The van der Waals surface area contributed by atoms with Crippen molar-refractivity contribution in [3.05, 3.63) is 36.2 Å². The van der Waals surface area contributed by atoms with Crippen LogP contribution in [-0.4, -0.2) is 51.5 Å². The van der Waals surface area contributed by atoms with E-state index >= 15 is 0 Å². The Morgan fingerprint density at radius 3 is 2.77 bits per heavy atom. The van der Waals surface area contributed by atoms with Crippen LogP contribution in [-0.2, 0) is 9.59 Å². The molecule has 6 nitrogen and oxygen atoms in total. The standard InChI is InChI=1S/C20H27N3O3/c24-18(11-10-15-6-4-12-21-14-15)17-9-5-13-23(17)20(26)19(25)22-16-7-2-1-3-8-16/h4,6,10-12,14,16-17,20,26H,1-3,5,7-9,13H2,(H,22,25)/b11-10+. The summed E-state index contributed by atoms with van der Waals surface area (Å²) in [6.45, 7) is 0.552. The second-order valence-corrected chi connectivity index (χ2v) is 7.14. The Bertz CT molecular complexity index is 641. The highest BCUT2D eigenvalue weighted by Crippen LogP contribution is 2.22. The van der Waals surface area contributed by atoms with Gasteiger partial charge >= 0.3 is 0 Å². The van der Waals surface area contributed by atoms with E-state index in [1.807, 2.05) is 12.1 Å². The normalized spacial score (nSPS) is 23.2. The topological polar surface area (TPSA) is 82.5 Å². The Balaban J connectivity index is 1.58. The van der Waals surface area contributed by atoms with Crippen molar-refractivity contribution in [2.24, 2.45) is 0 Å². The van der Waals surface area contributed by atoms with Crippen LogP contribution in [0.1, 0.15) is 50.5 Å².